The van der Waals surface area contributed by atoms with Crippen LogP contribution in [0.15, 0.2) is 29.3 Å². The SMILES string of the molecule is CCNC(=NCCC1CCN(C)CC1)NCCc1cccc(C(=O)N(C)C)c1. The molecular formula is C22H37N5O. The molecule has 6 nitrogen and oxygen atoms in total. The Bertz CT molecular complexity index is 636. The molecular weight excluding hydrogens is 350 g/mol. The Morgan fingerprint density at radius 1 is 1.25 bits per heavy atom. The van der Waals surface area contributed by atoms with Gasteiger partial charge in [-0.05, 0) is 76.4 Å². The molecule has 28 heavy (non-hydrogen) atoms. The van der Waals surface area contributed by atoms with Crippen molar-refractivity contribution in [3.63, 3.8) is 0 Å². The third-order valence-corrected chi connectivity index (χ3v) is 5.28. The van der Waals surface area contributed by atoms with Crippen molar-refractivity contribution < 1.29 is 4.79 Å². The van der Waals surface area contributed by atoms with E-state index in [0.717, 1.165) is 49.1 Å². The van der Waals surface area contributed by atoms with Crippen molar-refractivity contribution in [3.8, 4) is 0 Å². The molecule has 1 aliphatic rings. The highest BCUT2D eigenvalue weighted by molar-refractivity contribution is 5.94. The lowest BCUT2D eigenvalue weighted by Gasteiger charge is -2.28. The largest absolute Gasteiger partial charge is 0.357 e. The third-order valence-electron chi connectivity index (χ3n) is 5.28. The first kappa shape index (κ1) is 22.2. The van der Waals surface area contributed by atoms with E-state index in [2.05, 4.69) is 35.6 Å². The van der Waals surface area contributed by atoms with E-state index in [0.29, 0.717) is 0 Å². The van der Waals surface area contributed by atoms with Crippen LogP contribution in [0, 0.1) is 5.92 Å². The standard InChI is InChI=1S/C22H37N5O/c1-5-23-22(24-13-9-18-11-15-27(4)16-12-18)25-14-10-19-7-6-8-20(17-19)21(28)26(2)3/h6-8,17-18H,5,9-16H2,1-4H3,(H2,23,24,25). The molecule has 0 aromatic heterocycles. The number of aliphatic imine (C=N–C) groups is 1. The summed E-state index contributed by atoms with van der Waals surface area (Å²) >= 11 is 0. The molecule has 0 atom stereocenters. The fourth-order valence-corrected chi connectivity index (χ4v) is 3.49. The van der Waals surface area contributed by atoms with Gasteiger partial charge in [-0.2, -0.15) is 0 Å². The summed E-state index contributed by atoms with van der Waals surface area (Å²) in [6, 6.07) is 7.87. The van der Waals surface area contributed by atoms with Gasteiger partial charge in [0.1, 0.15) is 0 Å². The number of rotatable bonds is 8. The van der Waals surface area contributed by atoms with Crippen LogP contribution in [0.5, 0.6) is 0 Å². The van der Waals surface area contributed by atoms with Crippen molar-refractivity contribution in [1.82, 2.24) is 20.4 Å². The van der Waals surface area contributed by atoms with E-state index in [1.165, 1.54) is 32.4 Å². The zero-order valence-corrected chi connectivity index (χ0v) is 18.0. The zero-order valence-electron chi connectivity index (χ0n) is 18.0. The van der Waals surface area contributed by atoms with E-state index < -0.39 is 0 Å². The maximum absolute atomic E-state index is 12.1. The van der Waals surface area contributed by atoms with Gasteiger partial charge in [-0.25, -0.2) is 0 Å². The molecule has 1 saturated heterocycles. The molecule has 1 aromatic carbocycles. The van der Waals surface area contributed by atoms with Crippen LogP contribution in [-0.4, -0.2) is 75.5 Å². The van der Waals surface area contributed by atoms with Crippen molar-refractivity contribution in [2.45, 2.75) is 32.6 Å². The van der Waals surface area contributed by atoms with Crippen LogP contribution in [0.2, 0.25) is 0 Å². The van der Waals surface area contributed by atoms with Gasteiger partial charge in [0.2, 0.25) is 0 Å². The minimum absolute atomic E-state index is 0.0404. The highest BCUT2D eigenvalue weighted by atomic mass is 16.2. The molecule has 0 aliphatic carbocycles. The Labute approximate surface area is 170 Å². The van der Waals surface area contributed by atoms with E-state index in [4.69, 9.17) is 4.99 Å². The van der Waals surface area contributed by atoms with E-state index in [9.17, 15) is 4.79 Å². The van der Waals surface area contributed by atoms with Crippen molar-refractivity contribution in [3.05, 3.63) is 35.4 Å². The lowest BCUT2D eigenvalue weighted by molar-refractivity contribution is 0.0827. The first-order valence-corrected chi connectivity index (χ1v) is 10.5. The van der Waals surface area contributed by atoms with Crippen LogP contribution < -0.4 is 10.6 Å². The van der Waals surface area contributed by atoms with Gasteiger partial charge in [0.25, 0.3) is 5.91 Å². The van der Waals surface area contributed by atoms with Gasteiger partial charge < -0.3 is 20.4 Å². The number of amides is 1. The smallest absolute Gasteiger partial charge is 0.253 e. The van der Waals surface area contributed by atoms with Gasteiger partial charge in [0, 0.05) is 39.3 Å². The number of nitrogens with one attached hydrogen (secondary N) is 2. The maximum Gasteiger partial charge on any atom is 0.253 e. The summed E-state index contributed by atoms with van der Waals surface area (Å²) in [5, 5.41) is 6.75. The Balaban J connectivity index is 1.79. The normalized spacial score (nSPS) is 16.1. The summed E-state index contributed by atoms with van der Waals surface area (Å²) in [6.45, 7) is 7.03. The van der Waals surface area contributed by atoms with Gasteiger partial charge in [-0.15, -0.1) is 0 Å². The topological polar surface area (TPSA) is 60.0 Å². The van der Waals surface area contributed by atoms with Gasteiger partial charge >= 0.3 is 0 Å². The maximum atomic E-state index is 12.1. The number of hydrogen-bond donors (Lipinski definition) is 2. The monoisotopic (exact) mass is 387 g/mol. The zero-order chi connectivity index (χ0) is 20.4. The second-order valence-electron chi connectivity index (χ2n) is 7.87. The number of piperidine rings is 1. The first-order valence-electron chi connectivity index (χ1n) is 10.5. The van der Waals surface area contributed by atoms with Crippen LogP contribution in [-0.2, 0) is 6.42 Å². The van der Waals surface area contributed by atoms with Crippen molar-refractivity contribution in [2.75, 3.05) is 53.9 Å². The van der Waals surface area contributed by atoms with Gasteiger partial charge in [-0.3, -0.25) is 9.79 Å². The molecule has 0 radical (unpaired) electrons. The van der Waals surface area contributed by atoms with Crippen LogP contribution >= 0.6 is 0 Å². The number of carbonyl (C=O) groups is 1. The lowest BCUT2D eigenvalue weighted by atomic mass is 9.94. The van der Waals surface area contributed by atoms with Gasteiger partial charge in [0.05, 0.1) is 0 Å². The molecule has 0 unspecified atom stereocenters. The average Bonchev–Trinajstić information content (AvgIpc) is 2.69. The predicted octanol–water partition coefficient (Wildman–Crippen LogP) is 2.22. The number of benzene rings is 1. The molecule has 2 rings (SSSR count). The predicted molar refractivity (Wildman–Crippen MR) is 117 cm³/mol. The number of hydrogen-bond acceptors (Lipinski definition) is 3. The summed E-state index contributed by atoms with van der Waals surface area (Å²) in [5.74, 6) is 1.73. The lowest BCUT2D eigenvalue weighted by Crippen LogP contribution is -2.38. The minimum atomic E-state index is 0.0404. The first-order chi connectivity index (χ1) is 13.5. The average molecular weight is 388 g/mol. The molecule has 1 aliphatic heterocycles. The quantitative estimate of drug-likeness (QED) is 0.530. The molecule has 0 saturated carbocycles. The summed E-state index contributed by atoms with van der Waals surface area (Å²) in [7, 11) is 5.76. The van der Waals surface area contributed by atoms with E-state index >= 15 is 0 Å². The molecule has 0 bridgehead atoms. The number of nitrogens with zero attached hydrogens (tertiary/aromatic N) is 3. The van der Waals surface area contributed by atoms with Gasteiger partial charge in [0.15, 0.2) is 5.96 Å². The van der Waals surface area contributed by atoms with Crippen LogP contribution in [0.1, 0.15) is 42.1 Å². The second kappa shape index (κ2) is 11.7. The van der Waals surface area contributed by atoms with E-state index in [1.807, 2.05) is 18.2 Å². The number of carbonyl (C=O) groups excluding carboxylic acids is 1. The molecule has 0 spiro atoms. The Hall–Kier alpha value is -2.08. The Morgan fingerprint density at radius 2 is 2.00 bits per heavy atom. The summed E-state index contributed by atoms with van der Waals surface area (Å²) in [4.78, 5) is 20.9. The van der Waals surface area contributed by atoms with Crippen LogP contribution in [0.4, 0.5) is 0 Å². The summed E-state index contributed by atoms with van der Waals surface area (Å²) in [5.41, 5.74) is 1.89. The van der Waals surface area contributed by atoms with Gasteiger partial charge in [-0.1, -0.05) is 12.1 Å². The Kier molecular flexibility index (Phi) is 9.28. The molecule has 6 heteroatoms. The van der Waals surface area contributed by atoms with E-state index in [1.54, 1.807) is 19.0 Å². The number of guanidine groups is 1. The molecule has 1 aromatic rings. The summed E-state index contributed by atoms with van der Waals surface area (Å²) in [6.07, 6.45) is 4.60. The molecule has 1 fully saturated rings. The molecule has 156 valence electrons. The molecule has 2 N–H and O–H groups in total. The van der Waals surface area contributed by atoms with E-state index in [-0.39, 0.29) is 5.91 Å². The van der Waals surface area contributed by atoms with Crippen molar-refractivity contribution >= 4 is 11.9 Å². The summed E-state index contributed by atoms with van der Waals surface area (Å²) < 4.78 is 0. The molecule has 1 amide bonds. The number of likely N-dealkylation sites (tertiary alicyclic amines) is 1. The highest BCUT2D eigenvalue weighted by Crippen LogP contribution is 2.19. The second-order valence-corrected chi connectivity index (χ2v) is 7.87. The van der Waals surface area contributed by atoms with Crippen molar-refractivity contribution in [2.24, 2.45) is 10.9 Å². The third kappa shape index (κ3) is 7.50. The van der Waals surface area contributed by atoms with Crippen LogP contribution in [0.25, 0.3) is 0 Å². The fourth-order valence-electron chi connectivity index (χ4n) is 3.49. The highest BCUT2D eigenvalue weighted by Gasteiger charge is 2.16. The fraction of sp³-hybridized carbons (Fsp3) is 0.636. The van der Waals surface area contributed by atoms with Crippen LogP contribution in [0.3, 0.4) is 0 Å². The minimum Gasteiger partial charge on any atom is -0.357 e. The Morgan fingerprint density at radius 3 is 2.68 bits per heavy atom. The van der Waals surface area contributed by atoms with Crippen molar-refractivity contribution in [1.29, 1.82) is 0 Å². The molecule has 1 heterocycles.